The Labute approximate surface area is 157 Å². The maximum Gasteiger partial charge on any atom is 0.272 e. The molecule has 9 heteroatoms. The molecule has 0 spiro atoms. The maximum absolute atomic E-state index is 12.3. The number of aromatic nitrogens is 2. The van der Waals surface area contributed by atoms with E-state index in [0.717, 1.165) is 20.9 Å². The largest absolute Gasteiger partial charge is 0.354 e. The second-order valence-electron chi connectivity index (χ2n) is 5.84. The van der Waals surface area contributed by atoms with E-state index in [1.807, 2.05) is 24.3 Å². The summed E-state index contributed by atoms with van der Waals surface area (Å²) in [5, 5.41) is 7.78. The number of hydroxylamine groups is 1. The van der Waals surface area contributed by atoms with Crippen molar-refractivity contribution in [3.05, 3.63) is 59.8 Å². The average molecular weight is 388 g/mol. The number of nitrogens with one attached hydrogen (secondary N) is 1. The van der Waals surface area contributed by atoms with Gasteiger partial charge in [0.05, 0.1) is 24.1 Å². The van der Waals surface area contributed by atoms with Crippen molar-refractivity contribution >= 4 is 26.8 Å². The van der Waals surface area contributed by atoms with Gasteiger partial charge in [0.1, 0.15) is 0 Å². The number of carbonyl (C=O) groups is 1. The molecule has 1 N–H and O–H groups in total. The Bertz CT molecular complexity index is 1070. The molecule has 27 heavy (non-hydrogen) atoms. The molecule has 8 nitrogen and oxygen atoms in total. The normalized spacial score (nSPS) is 11.9. The average Bonchev–Trinajstić information content (AvgIpc) is 3.05. The van der Waals surface area contributed by atoms with Gasteiger partial charge in [0.15, 0.2) is 5.69 Å². The smallest absolute Gasteiger partial charge is 0.272 e. The molecule has 2 aromatic carbocycles. The third kappa shape index (κ3) is 3.57. The highest BCUT2D eigenvalue weighted by atomic mass is 32.2. The summed E-state index contributed by atoms with van der Waals surface area (Å²) in [6.45, 7) is 0.401. The van der Waals surface area contributed by atoms with Gasteiger partial charge in [-0.15, -0.1) is 0 Å². The second-order valence-corrected chi connectivity index (χ2v) is 7.78. The zero-order valence-corrected chi connectivity index (χ0v) is 16.0. The van der Waals surface area contributed by atoms with Gasteiger partial charge in [-0.3, -0.25) is 14.3 Å². The van der Waals surface area contributed by atoms with Crippen LogP contribution in [0.15, 0.2) is 53.4 Å². The summed E-state index contributed by atoms with van der Waals surface area (Å²) in [5.41, 5.74) is 2.03. The Morgan fingerprint density at radius 3 is 2.48 bits per heavy atom. The van der Waals surface area contributed by atoms with Crippen LogP contribution in [0.5, 0.6) is 0 Å². The standard InChI is InChI=1S/C18H20N4O4S/c1-19-18(23)17-15-6-4-5-7-16(15)22(20-17)12-13-8-10-14(11-9-13)27(24,25)21(2)26-3/h4-11H,12H2,1-3H3,(H,19,23). The van der Waals surface area contributed by atoms with Crippen molar-refractivity contribution < 1.29 is 18.0 Å². The summed E-state index contributed by atoms with van der Waals surface area (Å²) in [4.78, 5) is 17.0. The van der Waals surface area contributed by atoms with Crippen molar-refractivity contribution in [2.75, 3.05) is 21.2 Å². The first-order valence-electron chi connectivity index (χ1n) is 8.18. The Balaban J connectivity index is 1.94. The molecule has 0 saturated heterocycles. The first-order valence-corrected chi connectivity index (χ1v) is 9.62. The fourth-order valence-corrected chi connectivity index (χ4v) is 3.69. The number of carbonyl (C=O) groups excluding carboxylic acids is 1. The topological polar surface area (TPSA) is 93.5 Å². The van der Waals surface area contributed by atoms with Gasteiger partial charge in [0.25, 0.3) is 15.9 Å². The molecule has 3 rings (SSSR count). The monoisotopic (exact) mass is 388 g/mol. The molecule has 1 heterocycles. The highest BCUT2D eigenvalue weighted by Crippen LogP contribution is 2.21. The first kappa shape index (κ1) is 19.0. The number of hydrogen-bond donors (Lipinski definition) is 1. The molecular weight excluding hydrogens is 368 g/mol. The number of benzene rings is 2. The van der Waals surface area contributed by atoms with Crippen LogP contribution in [-0.4, -0.2) is 49.8 Å². The van der Waals surface area contributed by atoms with Crippen LogP contribution in [0.25, 0.3) is 10.9 Å². The number of para-hydroxylation sites is 1. The second kappa shape index (κ2) is 7.47. The van der Waals surface area contributed by atoms with Gasteiger partial charge in [0, 0.05) is 19.5 Å². The summed E-state index contributed by atoms with van der Waals surface area (Å²) >= 11 is 0. The summed E-state index contributed by atoms with van der Waals surface area (Å²) in [5.74, 6) is -0.256. The first-order chi connectivity index (χ1) is 12.9. The number of sulfonamides is 1. The summed E-state index contributed by atoms with van der Waals surface area (Å²) in [6.07, 6.45) is 0. The van der Waals surface area contributed by atoms with Crippen molar-refractivity contribution in [2.24, 2.45) is 0 Å². The fourth-order valence-electron chi connectivity index (χ4n) is 2.72. The van der Waals surface area contributed by atoms with E-state index < -0.39 is 10.0 Å². The molecule has 0 bridgehead atoms. The third-order valence-electron chi connectivity index (χ3n) is 4.25. The summed E-state index contributed by atoms with van der Waals surface area (Å²) in [7, 11) is 0.497. The number of rotatable bonds is 6. The van der Waals surface area contributed by atoms with E-state index >= 15 is 0 Å². The van der Waals surface area contributed by atoms with Crippen LogP contribution in [0, 0.1) is 0 Å². The van der Waals surface area contributed by atoms with E-state index in [1.165, 1.54) is 26.3 Å². The maximum atomic E-state index is 12.3. The lowest BCUT2D eigenvalue weighted by molar-refractivity contribution is -0.0258. The Morgan fingerprint density at radius 1 is 1.19 bits per heavy atom. The van der Waals surface area contributed by atoms with E-state index in [4.69, 9.17) is 4.84 Å². The molecule has 0 unspecified atom stereocenters. The van der Waals surface area contributed by atoms with Crippen molar-refractivity contribution in [3.63, 3.8) is 0 Å². The molecule has 0 fully saturated rings. The van der Waals surface area contributed by atoms with E-state index in [0.29, 0.717) is 12.2 Å². The van der Waals surface area contributed by atoms with Crippen molar-refractivity contribution in [1.29, 1.82) is 0 Å². The minimum absolute atomic E-state index is 0.131. The van der Waals surface area contributed by atoms with E-state index in [2.05, 4.69) is 10.4 Å². The quantitative estimate of drug-likeness (QED) is 0.648. The van der Waals surface area contributed by atoms with Crippen molar-refractivity contribution in [3.8, 4) is 0 Å². The number of amides is 1. The van der Waals surface area contributed by atoms with Gasteiger partial charge < -0.3 is 5.32 Å². The Kier molecular flexibility index (Phi) is 5.26. The predicted octanol–water partition coefficient (Wildman–Crippen LogP) is 1.63. The molecule has 1 amide bonds. The molecule has 0 radical (unpaired) electrons. The number of fused-ring (bicyclic) bond motifs is 1. The van der Waals surface area contributed by atoms with Gasteiger partial charge in [0.2, 0.25) is 0 Å². The highest BCUT2D eigenvalue weighted by molar-refractivity contribution is 7.89. The predicted molar refractivity (Wildman–Crippen MR) is 101 cm³/mol. The molecule has 1 aromatic heterocycles. The Morgan fingerprint density at radius 2 is 1.85 bits per heavy atom. The van der Waals surface area contributed by atoms with Crippen LogP contribution in [0.1, 0.15) is 16.1 Å². The lowest BCUT2D eigenvalue weighted by atomic mass is 10.2. The number of nitrogens with zero attached hydrogens (tertiary/aromatic N) is 3. The zero-order chi connectivity index (χ0) is 19.6. The molecule has 0 atom stereocenters. The van der Waals surface area contributed by atoms with Crippen LogP contribution in [0.4, 0.5) is 0 Å². The molecule has 0 saturated carbocycles. The van der Waals surface area contributed by atoms with Crippen LogP contribution < -0.4 is 5.32 Å². The van der Waals surface area contributed by atoms with E-state index in [9.17, 15) is 13.2 Å². The minimum atomic E-state index is -3.69. The van der Waals surface area contributed by atoms with Gasteiger partial charge in [-0.1, -0.05) is 34.8 Å². The fraction of sp³-hybridized carbons (Fsp3) is 0.222. The van der Waals surface area contributed by atoms with E-state index in [1.54, 1.807) is 23.9 Å². The minimum Gasteiger partial charge on any atom is -0.354 e. The van der Waals surface area contributed by atoms with Gasteiger partial charge in [-0.2, -0.15) is 5.10 Å². The zero-order valence-electron chi connectivity index (χ0n) is 15.2. The SMILES string of the molecule is CNC(=O)c1nn(Cc2ccc(S(=O)(=O)N(C)OC)cc2)c2ccccc12. The molecule has 142 valence electrons. The van der Waals surface area contributed by atoms with Gasteiger partial charge >= 0.3 is 0 Å². The van der Waals surface area contributed by atoms with Crippen LogP contribution in [-0.2, 0) is 21.4 Å². The lowest BCUT2D eigenvalue weighted by Gasteiger charge is -2.14. The molecule has 0 aliphatic carbocycles. The van der Waals surface area contributed by atoms with E-state index in [-0.39, 0.29) is 10.8 Å². The molecule has 3 aromatic rings. The molecule has 0 aliphatic rings. The van der Waals surface area contributed by atoms with Crippen LogP contribution >= 0.6 is 0 Å². The van der Waals surface area contributed by atoms with Crippen molar-refractivity contribution in [1.82, 2.24) is 19.6 Å². The van der Waals surface area contributed by atoms with Crippen molar-refractivity contribution in [2.45, 2.75) is 11.4 Å². The highest BCUT2D eigenvalue weighted by Gasteiger charge is 2.21. The lowest BCUT2D eigenvalue weighted by Crippen LogP contribution is -2.25. The molecule has 0 aliphatic heterocycles. The third-order valence-corrected chi connectivity index (χ3v) is 5.94. The summed E-state index contributed by atoms with van der Waals surface area (Å²) < 4.78 is 27.0. The Hall–Kier alpha value is -2.75. The van der Waals surface area contributed by atoms with Crippen LogP contribution in [0.2, 0.25) is 0 Å². The van der Waals surface area contributed by atoms with Gasteiger partial charge in [-0.05, 0) is 23.8 Å². The van der Waals surface area contributed by atoms with Gasteiger partial charge in [-0.25, -0.2) is 8.42 Å². The van der Waals surface area contributed by atoms with Crippen LogP contribution in [0.3, 0.4) is 0 Å². The summed E-state index contributed by atoms with van der Waals surface area (Å²) in [6, 6.07) is 13.9. The molecular formula is C18H20N4O4S. The number of hydrogen-bond acceptors (Lipinski definition) is 5.